The van der Waals surface area contributed by atoms with E-state index in [0.717, 1.165) is 6.42 Å². The van der Waals surface area contributed by atoms with Crippen molar-refractivity contribution in [3.05, 3.63) is 35.6 Å². The van der Waals surface area contributed by atoms with Crippen LogP contribution in [0.25, 0.3) is 0 Å². The first-order valence-electron chi connectivity index (χ1n) is 5.83. The van der Waals surface area contributed by atoms with E-state index in [1.54, 1.807) is 4.90 Å². The zero-order valence-corrected chi connectivity index (χ0v) is 9.86. The van der Waals surface area contributed by atoms with E-state index in [1.165, 1.54) is 24.3 Å². The first-order valence-corrected chi connectivity index (χ1v) is 5.83. The van der Waals surface area contributed by atoms with Crippen LogP contribution < -0.4 is 0 Å². The van der Waals surface area contributed by atoms with E-state index < -0.39 is 0 Å². The smallest absolute Gasteiger partial charge is 0.253 e. The molecule has 0 aliphatic carbocycles. The van der Waals surface area contributed by atoms with Crippen molar-refractivity contribution in [3.63, 3.8) is 0 Å². The number of rotatable bonds is 1. The molecule has 3 nitrogen and oxygen atoms in total. The van der Waals surface area contributed by atoms with Crippen molar-refractivity contribution in [1.29, 1.82) is 0 Å². The van der Waals surface area contributed by atoms with E-state index in [1.807, 2.05) is 6.92 Å². The summed E-state index contributed by atoms with van der Waals surface area (Å²) >= 11 is 0. The normalized spacial score (nSPS) is 21.1. The summed E-state index contributed by atoms with van der Waals surface area (Å²) < 4.78 is 18.3. The molecule has 0 bridgehead atoms. The van der Waals surface area contributed by atoms with Crippen LogP contribution in [-0.4, -0.2) is 36.6 Å². The first-order chi connectivity index (χ1) is 8.16. The average molecular weight is 237 g/mol. The zero-order valence-electron chi connectivity index (χ0n) is 9.86. The van der Waals surface area contributed by atoms with Crippen LogP contribution in [0.15, 0.2) is 24.3 Å². The Morgan fingerprint density at radius 2 is 2.12 bits per heavy atom. The fraction of sp³-hybridized carbons (Fsp3) is 0.462. The first kappa shape index (κ1) is 12.0. The molecule has 2 rings (SSSR count). The van der Waals surface area contributed by atoms with Crippen LogP contribution in [-0.2, 0) is 4.74 Å². The van der Waals surface area contributed by atoms with Gasteiger partial charge in [-0.25, -0.2) is 4.39 Å². The van der Waals surface area contributed by atoms with Crippen molar-refractivity contribution in [2.75, 3.05) is 19.7 Å². The Hall–Kier alpha value is -1.42. The molecule has 1 aromatic carbocycles. The lowest BCUT2D eigenvalue weighted by molar-refractivity contribution is 0.0562. The number of carbonyl (C=O) groups excluding carboxylic acids is 1. The highest BCUT2D eigenvalue weighted by atomic mass is 19.1. The van der Waals surface area contributed by atoms with Crippen molar-refractivity contribution in [1.82, 2.24) is 4.90 Å². The standard InChI is InChI=1S/C13H16FNO2/c1-10-9-15(7-2-8-17-10)13(16)11-3-5-12(14)6-4-11/h3-6,10H,2,7-9H2,1H3. The van der Waals surface area contributed by atoms with Gasteiger partial charge in [0.25, 0.3) is 5.91 Å². The Labute approximate surface area is 100 Å². The summed E-state index contributed by atoms with van der Waals surface area (Å²) in [4.78, 5) is 13.9. The maximum atomic E-state index is 12.8. The van der Waals surface area contributed by atoms with Crippen LogP contribution in [0.5, 0.6) is 0 Å². The number of amides is 1. The molecule has 0 N–H and O–H groups in total. The molecule has 0 radical (unpaired) electrons. The molecule has 17 heavy (non-hydrogen) atoms. The third-order valence-corrected chi connectivity index (χ3v) is 2.83. The highest BCUT2D eigenvalue weighted by Crippen LogP contribution is 2.11. The summed E-state index contributed by atoms with van der Waals surface area (Å²) in [5.41, 5.74) is 0.528. The summed E-state index contributed by atoms with van der Waals surface area (Å²) in [5.74, 6) is -0.378. The van der Waals surface area contributed by atoms with Gasteiger partial charge in [0.15, 0.2) is 0 Å². The van der Waals surface area contributed by atoms with Crippen LogP contribution in [0.4, 0.5) is 4.39 Å². The topological polar surface area (TPSA) is 29.5 Å². The van der Waals surface area contributed by atoms with Crippen molar-refractivity contribution < 1.29 is 13.9 Å². The summed E-state index contributed by atoms with van der Waals surface area (Å²) in [6, 6.07) is 5.66. The molecule has 0 saturated carbocycles. The third kappa shape index (κ3) is 3.03. The third-order valence-electron chi connectivity index (χ3n) is 2.83. The molecule has 92 valence electrons. The van der Waals surface area contributed by atoms with Crippen LogP contribution in [0.3, 0.4) is 0 Å². The Bertz CT molecular complexity index is 391. The van der Waals surface area contributed by atoms with Crippen molar-refractivity contribution in [2.24, 2.45) is 0 Å². The quantitative estimate of drug-likeness (QED) is 0.748. The molecule has 1 saturated heterocycles. The number of halogens is 1. The zero-order chi connectivity index (χ0) is 12.3. The van der Waals surface area contributed by atoms with E-state index in [4.69, 9.17) is 4.74 Å². The predicted molar refractivity (Wildman–Crippen MR) is 62.3 cm³/mol. The van der Waals surface area contributed by atoms with E-state index in [-0.39, 0.29) is 17.8 Å². The van der Waals surface area contributed by atoms with Gasteiger partial charge in [-0.05, 0) is 37.6 Å². The molecule has 1 aliphatic heterocycles. The molecule has 0 spiro atoms. The number of hydrogen-bond acceptors (Lipinski definition) is 2. The molecule has 1 aromatic rings. The lowest BCUT2D eigenvalue weighted by atomic mass is 10.2. The molecule has 1 unspecified atom stereocenters. The highest BCUT2D eigenvalue weighted by Gasteiger charge is 2.20. The largest absolute Gasteiger partial charge is 0.377 e. The lowest BCUT2D eigenvalue weighted by Crippen LogP contribution is -2.35. The number of benzene rings is 1. The number of carbonyl (C=O) groups is 1. The van der Waals surface area contributed by atoms with E-state index in [0.29, 0.717) is 25.3 Å². The van der Waals surface area contributed by atoms with Gasteiger partial charge in [-0.2, -0.15) is 0 Å². The Morgan fingerprint density at radius 3 is 2.82 bits per heavy atom. The van der Waals surface area contributed by atoms with Gasteiger partial charge in [-0.1, -0.05) is 0 Å². The average Bonchev–Trinajstić information content (AvgIpc) is 2.54. The lowest BCUT2D eigenvalue weighted by Gasteiger charge is -2.22. The fourth-order valence-electron chi connectivity index (χ4n) is 1.95. The monoisotopic (exact) mass is 237 g/mol. The van der Waals surface area contributed by atoms with Gasteiger partial charge < -0.3 is 9.64 Å². The van der Waals surface area contributed by atoms with Crippen molar-refractivity contribution in [2.45, 2.75) is 19.4 Å². The maximum absolute atomic E-state index is 12.8. The van der Waals surface area contributed by atoms with Crippen molar-refractivity contribution in [3.8, 4) is 0 Å². The number of nitrogens with zero attached hydrogens (tertiary/aromatic N) is 1. The second kappa shape index (κ2) is 5.27. The minimum absolute atomic E-state index is 0.0534. The van der Waals surface area contributed by atoms with Crippen LogP contribution in [0.2, 0.25) is 0 Å². The molecule has 1 aliphatic rings. The van der Waals surface area contributed by atoms with E-state index in [9.17, 15) is 9.18 Å². The minimum Gasteiger partial charge on any atom is -0.377 e. The van der Waals surface area contributed by atoms with Gasteiger partial charge in [-0.15, -0.1) is 0 Å². The Balaban J connectivity index is 2.10. The van der Waals surface area contributed by atoms with Gasteiger partial charge >= 0.3 is 0 Å². The maximum Gasteiger partial charge on any atom is 0.253 e. The fourth-order valence-corrected chi connectivity index (χ4v) is 1.95. The predicted octanol–water partition coefficient (Wildman–Crippen LogP) is 2.08. The molecule has 1 atom stereocenters. The number of ether oxygens (including phenoxy) is 1. The molecule has 1 amide bonds. The van der Waals surface area contributed by atoms with E-state index in [2.05, 4.69) is 0 Å². The molecular weight excluding hydrogens is 221 g/mol. The van der Waals surface area contributed by atoms with Gasteiger partial charge in [0.1, 0.15) is 5.82 Å². The molecule has 0 aromatic heterocycles. The molecule has 4 heteroatoms. The van der Waals surface area contributed by atoms with Crippen LogP contribution in [0, 0.1) is 5.82 Å². The van der Waals surface area contributed by atoms with Gasteiger partial charge in [0.2, 0.25) is 0 Å². The van der Waals surface area contributed by atoms with E-state index >= 15 is 0 Å². The Kier molecular flexibility index (Phi) is 3.74. The van der Waals surface area contributed by atoms with Crippen LogP contribution in [0.1, 0.15) is 23.7 Å². The molecule has 1 heterocycles. The highest BCUT2D eigenvalue weighted by molar-refractivity contribution is 5.94. The summed E-state index contributed by atoms with van der Waals surface area (Å²) in [7, 11) is 0. The Morgan fingerprint density at radius 1 is 1.41 bits per heavy atom. The summed E-state index contributed by atoms with van der Waals surface area (Å²) in [6.45, 7) is 3.93. The second-order valence-electron chi connectivity index (χ2n) is 4.29. The van der Waals surface area contributed by atoms with Gasteiger partial charge in [0, 0.05) is 25.3 Å². The minimum atomic E-state index is -0.325. The van der Waals surface area contributed by atoms with Gasteiger partial charge in [-0.3, -0.25) is 4.79 Å². The molecule has 1 fully saturated rings. The van der Waals surface area contributed by atoms with Crippen molar-refractivity contribution >= 4 is 5.91 Å². The SMILES string of the molecule is CC1CN(C(=O)c2ccc(F)cc2)CCCO1. The molecular formula is C13H16FNO2. The second-order valence-corrected chi connectivity index (χ2v) is 4.29. The summed E-state index contributed by atoms with van der Waals surface area (Å²) in [5, 5.41) is 0. The summed E-state index contributed by atoms with van der Waals surface area (Å²) in [6.07, 6.45) is 0.902. The number of hydrogen-bond donors (Lipinski definition) is 0. The van der Waals surface area contributed by atoms with Gasteiger partial charge in [0.05, 0.1) is 6.10 Å². The van der Waals surface area contributed by atoms with Crippen LogP contribution >= 0.6 is 0 Å².